The number of carbonyl (C=O) groups excluding carboxylic acids is 4. The molecular weight excluding hydrogens is 678 g/mol. The number of piperidine rings is 1. The third-order valence-electron chi connectivity index (χ3n) is 9.98. The third-order valence-corrected chi connectivity index (χ3v) is 9.98. The lowest BCUT2D eigenvalue weighted by Crippen LogP contribution is -2.54. The summed E-state index contributed by atoms with van der Waals surface area (Å²) in [7, 11) is 0. The minimum absolute atomic E-state index is 0.0305. The summed E-state index contributed by atoms with van der Waals surface area (Å²) in [6.45, 7) is 6.05. The highest BCUT2D eigenvalue weighted by Gasteiger charge is 2.45. The molecule has 1 atom stereocenters. The van der Waals surface area contributed by atoms with Gasteiger partial charge in [-0.05, 0) is 60.0 Å². The molecule has 2 aliphatic heterocycles. The van der Waals surface area contributed by atoms with E-state index in [2.05, 4.69) is 56.7 Å². The Morgan fingerprint density at radius 2 is 1.53 bits per heavy atom. The summed E-state index contributed by atoms with van der Waals surface area (Å²) in [5.41, 5.74) is 3.79. The van der Waals surface area contributed by atoms with Crippen LogP contribution in [0.3, 0.4) is 0 Å². The number of benzene rings is 3. The lowest BCUT2D eigenvalue weighted by Gasteiger charge is -2.36. The molecule has 1 unspecified atom stereocenters. The summed E-state index contributed by atoms with van der Waals surface area (Å²) < 4.78 is 17.1. The lowest BCUT2D eigenvalue weighted by molar-refractivity contribution is -0.136. The molecule has 3 aliphatic rings. The van der Waals surface area contributed by atoms with Gasteiger partial charge in [-0.15, -0.1) is 0 Å². The van der Waals surface area contributed by atoms with Crippen LogP contribution in [0.5, 0.6) is 17.5 Å². The number of amides is 4. The van der Waals surface area contributed by atoms with Gasteiger partial charge in [0.1, 0.15) is 23.6 Å². The van der Waals surface area contributed by atoms with Crippen molar-refractivity contribution in [3.05, 3.63) is 107 Å². The predicted octanol–water partition coefficient (Wildman–Crippen LogP) is 5.38. The number of hydrogen-bond donors (Lipinski definition) is 2. The number of imide groups is 2. The summed E-state index contributed by atoms with van der Waals surface area (Å²) in [5.74, 6) is 0.200. The van der Waals surface area contributed by atoms with E-state index >= 15 is 0 Å². The summed E-state index contributed by atoms with van der Waals surface area (Å²) in [4.78, 5) is 63.8. The topological polar surface area (TPSA) is 179 Å². The SMILES string of the molecule is Cc1nc(-c2cnc(Oc3ccc(C(C)(C)c4ccc(OC5CC(Nc6ccc7c(c6)C(=O)N(C6CCC(=O)NC6=O)C7=O)C5)cc4)cc3)nc2)no1. The van der Waals surface area contributed by atoms with Gasteiger partial charge < -0.3 is 19.3 Å². The Balaban J connectivity index is 0.829. The molecule has 5 aromatic rings. The zero-order valence-corrected chi connectivity index (χ0v) is 29.2. The van der Waals surface area contributed by atoms with Crippen LogP contribution in [0.1, 0.15) is 77.3 Å². The highest BCUT2D eigenvalue weighted by atomic mass is 16.5. The Bertz CT molecular complexity index is 2230. The standard InChI is InChI=1S/C39H35N7O7/c1-21-42-34(45-53-21)22-19-40-38(41-20-22)52-28-11-6-24(7-12-28)39(2,3)23-4-9-27(10-5-23)51-29-16-26(17-29)43-25-8-13-30-31(18-25)37(50)46(36(30)49)32-14-15-33(47)44-35(32)48/h4-13,18-20,26,29,32,43H,14-17H2,1-3H3,(H,44,47,48). The van der Waals surface area contributed by atoms with Crippen molar-refractivity contribution in [2.24, 2.45) is 0 Å². The van der Waals surface area contributed by atoms with E-state index in [4.69, 9.17) is 14.0 Å². The van der Waals surface area contributed by atoms with Gasteiger partial charge >= 0.3 is 6.01 Å². The first-order valence-corrected chi connectivity index (χ1v) is 17.3. The molecule has 0 spiro atoms. The van der Waals surface area contributed by atoms with Crippen molar-refractivity contribution in [2.75, 3.05) is 5.32 Å². The Morgan fingerprint density at radius 3 is 2.17 bits per heavy atom. The molecule has 14 heteroatoms. The predicted molar refractivity (Wildman–Crippen MR) is 189 cm³/mol. The number of ether oxygens (including phenoxy) is 2. The maximum Gasteiger partial charge on any atom is 0.321 e. The van der Waals surface area contributed by atoms with Crippen LogP contribution in [0.15, 0.2) is 83.6 Å². The Morgan fingerprint density at radius 1 is 0.868 bits per heavy atom. The maximum absolute atomic E-state index is 13.2. The van der Waals surface area contributed by atoms with Gasteiger partial charge in [-0.25, -0.2) is 9.97 Å². The van der Waals surface area contributed by atoms with E-state index in [1.165, 1.54) is 0 Å². The number of aryl methyl sites for hydroxylation is 1. The van der Waals surface area contributed by atoms with Gasteiger partial charge in [0.05, 0.1) is 16.7 Å². The number of anilines is 1. The third kappa shape index (κ3) is 6.59. The number of nitrogens with one attached hydrogen (secondary N) is 2. The van der Waals surface area contributed by atoms with Crippen LogP contribution in [-0.2, 0) is 15.0 Å². The molecule has 53 heavy (non-hydrogen) atoms. The molecule has 3 aromatic carbocycles. The molecule has 4 heterocycles. The van der Waals surface area contributed by atoms with Gasteiger partial charge in [-0.2, -0.15) is 4.98 Å². The molecule has 4 amide bonds. The van der Waals surface area contributed by atoms with E-state index in [0.29, 0.717) is 28.7 Å². The zero-order chi connectivity index (χ0) is 36.9. The molecule has 268 valence electrons. The van der Waals surface area contributed by atoms with Crippen LogP contribution in [0.2, 0.25) is 0 Å². The maximum atomic E-state index is 13.2. The number of nitrogens with zero attached hydrogens (tertiary/aromatic N) is 5. The smallest absolute Gasteiger partial charge is 0.321 e. The Labute approximate surface area is 303 Å². The van der Waals surface area contributed by atoms with Gasteiger partial charge in [-0.3, -0.25) is 29.4 Å². The number of fused-ring (bicyclic) bond motifs is 1. The fourth-order valence-electron chi connectivity index (χ4n) is 6.83. The van der Waals surface area contributed by atoms with Gasteiger partial charge in [0.15, 0.2) is 0 Å². The van der Waals surface area contributed by atoms with Crippen molar-refractivity contribution in [3.63, 3.8) is 0 Å². The van der Waals surface area contributed by atoms with E-state index in [1.54, 1.807) is 37.5 Å². The second-order valence-electron chi connectivity index (χ2n) is 13.9. The Hall–Kier alpha value is -6.44. The van der Waals surface area contributed by atoms with Crippen LogP contribution in [0, 0.1) is 6.92 Å². The molecule has 1 saturated carbocycles. The van der Waals surface area contributed by atoms with E-state index in [9.17, 15) is 19.2 Å². The molecular formula is C39H35N7O7. The quantitative estimate of drug-likeness (QED) is 0.177. The van der Waals surface area contributed by atoms with E-state index in [-0.39, 0.29) is 47.5 Å². The summed E-state index contributed by atoms with van der Waals surface area (Å²) in [5, 5.41) is 9.53. The monoisotopic (exact) mass is 713 g/mol. The van der Waals surface area contributed by atoms with E-state index in [1.807, 2.05) is 36.4 Å². The van der Waals surface area contributed by atoms with Crippen molar-refractivity contribution in [1.82, 2.24) is 30.3 Å². The first-order chi connectivity index (χ1) is 25.5. The van der Waals surface area contributed by atoms with Crippen molar-refractivity contribution >= 4 is 29.3 Å². The van der Waals surface area contributed by atoms with Crippen LogP contribution >= 0.6 is 0 Å². The first kappa shape index (κ1) is 33.7. The molecule has 0 bridgehead atoms. The summed E-state index contributed by atoms with van der Waals surface area (Å²) >= 11 is 0. The minimum atomic E-state index is -0.991. The van der Waals surface area contributed by atoms with Crippen LogP contribution in [0.25, 0.3) is 11.4 Å². The second-order valence-corrected chi connectivity index (χ2v) is 13.9. The minimum Gasteiger partial charge on any atom is -0.490 e. The zero-order valence-electron chi connectivity index (χ0n) is 29.2. The van der Waals surface area contributed by atoms with Crippen molar-refractivity contribution in [1.29, 1.82) is 0 Å². The Kier molecular flexibility index (Phi) is 8.44. The van der Waals surface area contributed by atoms with Crippen LogP contribution in [0.4, 0.5) is 5.69 Å². The lowest BCUT2D eigenvalue weighted by atomic mass is 9.78. The van der Waals surface area contributed by atoms with E-state index < -0.39 is 29.7 Å². The fraction of sp³-hybridized carbons (Fsp3) is 0.282. The van der Waals surface area contributed by atoms with E-state index in [0.717, 1.165) is 34.6 Å². The largest absolute Gasteiger partial charge is 0.490 e. The molecule has 8 rings (SSSR count). The van der Waals surface area contributed by atoms with Crippen molar-refractivity contribution in [2.45, 2.75) is 70.1 Å². The summed E-state index contributed by atoms with van der Waals surface area (Å²) in [6.07, 6.45) is 4.93. The van der Waals surface area contributed by atoms with Gasteiger partial charge in [0.25, 0.3) is 11.8 Å². The van der Waals surface area contributed by atoms with Gasteiger partial charge in [0, 0.05) is 55.7 Å². The molecule has 1 aliphatic carbocycles. The summed E-state index contributed by atoms with van der Waals surface area (Å²) in [6, 6.07) is 20.4. The van der Waals surface area contributed by atoms with Crippen molar-refractivity contribution in [3.8, 4) is 28.9 Å². The number of rotatable bonds is 10. The average Bonchev–Trinajstić information content (AvgIpc) is 3.68. The molecule has 14 nitrogen and oxygen atoms in total. The highest BCUT2D eigenvalue weighted by molar-refractivity contribution is 6.23. The van der Waals surface area contributed by atoms with Crippen LogP contribution < -0.4 is 20.1 Å². The van der Waals surface area contributed by atoms with Gasteiger partial charge in [-0.1, -0.05) is 43.3 Å². The normalized spacial score (nSPS) is 19.8. The number of carbonyl (C=O) groups is 4. The average molecular weight is 714 g/mol. The van der Waals surface area contributed by atoms with Crippen molar-refractivity contribution < 1.29 is 33.2 Å². The number of hydrogen-bond acceptors (Lipinski definition) is 12. The fourth-order valence-corrected chi connectivity index (χ4v) is 6.83. The molecule has 0 radical (unpaired) electrons. The molecule has 2 aromatic heterocycles. The number of aromatic nitrogens is 4. The molecule has 1 saturated heterocycles. The highest BCUT2D eigenvalue weighted by Crippen LogP contribution is 2.36. The second kappa shape index (κ2) is 13.3. The molecule has 2 fully saturated rings. The first-order valence-electron chi connectivity index (χ1n) is 17.3. The molecule has 2 N–H and O–H groups in total. The van der Waals surface area contributed by atoms with Gasteiger partial charge in [0.2, 0.25) is 23.5 Å². The van der Waals surface area contributed by atoms with Crippen LogP contribution in [-0.4, -0.2) is 66.8 Å².